The number of imide groups is 1. The molecule has 11 nitrogen and oxygen atoms in total. The topological polar surface area (TPSA) is 115 Å². The maximum Gasteiger partial charge on any atom is 0.324 e. The van der Waals surface area contributed by atoms with Crippen LogP contribution < -0.4 is 15.5 Å². The maximum atomic E-state index is 12.5. The van der Waals surface area contributed by atoms with Gasteiger partial charge in [-0.1, -0.05) is 0 Å². The number of carbonyl (C=O) groups is 3. The van der Waals surface area contributed by atoms with Crippen LogP contribution in [0.25, 0.3) is 0 Å². The molecule has 0 aromatic carbocycles. The van der Waals surface area contributed by atoms with E-state index in [0.29, 0.717) is 25.6 Å². The zero-order valence-electron chi connectivity index (χ0n) is 14.8. The molecule has 11 heteroatoms. The highest BCUT2D eigenvalue weighted by Gasteiger charge is 2.29. The molecule has 0 unspecified atom stereocenters. The molecule has 4 amide bonds. The third-order valence-electron chi connectivity index (χ3n) is 4.29. The molecule has 3 rings (SSSR count). The molecule has 1 aromatic rings. The van der Waals surface area contributed by atoms with Crippen molar-refractivity contribution in [3.63, 3.8) is 0 Å². The van der Waals surface area contributed by atoms with Gasteiger partial charge >= 0.3 is 6.03 Å². The van der Waals surface area contributed by atoms with Crippen LogP contribution in [-0.4, -0.2) is 89.7 Å². The summed E-state index contributed by atoms with van der Waals surface area (Å²) in [6, 6.07) is -0.382. The quantitative estimate of drug-likeness (QED) is 0.371. The first-order valence-electron chi connectivity index (χ1n) is 8.32. The third kappa shape index (κ3) is 3.60. The van der Waals surface area contributed by atoms with Gasteiger partial charge in [0, 0.05) is 46.5 Å². The Kier molecular flexibility index (Phi) is 5.05. The number of nitrogens with zero attached hydrogens (tertiary/aromatic N) is 6. The van der Waals surface area contributed by atoms with Gasteiger partial charge in [-0.2, -0.15) is 5.10 Å². The van der Waals surface area contributed by atoms with Crippen LogP contribution in [0.2, 0.25) is 0 Å². The van der Waals surface area contributed by atoms with Gasteiger partial charge in [-0.05, 0) is 0 Å². The van der Waals surface area contributed by atoms with Gasteiger partial charge in [-0.15, -0.1) is 0 Å². The van der Waals surface area contributed by atoms with E-state index in [9.17, 15) is 14.4 Å². The lowest BCUT2D eigenvalue weighted by atomic mass is 10.3. The smallest absolute Gasteiger partial charge is 0.324 e. The van der Waals surface area contributed by atoms with E-state index in [4.69, 9.17) is 0 Å². The Balaban J connectivity index is 1.52. The minimum Gasteiger partial charge on any atom is -0.354 e. The Morgan fingerprint density at radius 2 is 2.12 bits per heavy atom. The number of aromatic nitrogens is 2. The molecule has 0 saturated carbocycles. The minimum absolute atomic E-state index is 0.0400. The first kappa shape index (κ1) is 17.7. The van der Waals surface area contributed by atoms with Crippen LogP contribution in [-0.2, 0) is 16.6 Å². The largest absolute Gasteiger partial charge is 0.354 e. The maximum absolute atomic E-state index is 12.5. The van der Waals surface area contributed by atoms with E-state index in [0.717, 1.165) is 10.6 Å². The Morgan fingerprint density at radius 1 is 1.31 bits per heavy atom. The number of hydrogen-bond acceptors (Lipinski definition) is 5. The lowest BCUT2D eigenvalue weighted by Crippen LogP contribution is -2.56. The average molecular weight is 362 g/mol. The van der Waals surface area contributed by atoms with E-state index in [1.165, 1.54) is 0 Å². The number of piperazine rings is 1. The first-order valence-corrected chi connectivity index (χ1v) is 8.32. The number of urea groups is 1. The molecular formula is C15H22N8O3. The van der Waals surface area contributed by atoms with Gasteiger partial charge in [-0.3, -0.25) is 24.2 Å². The summed E-state index contributed by atoms with van der Waals surface area (Å²) < 4.78 is 1.66. The fraction of sp³-hybridized carbons (Fsp3) is 0.533. The van der Waals surface area contributed by atoms with Crippen molar-refractivity contribution >= 4 is 29.5 Å². The highest BCUT2D eigenvalue weighted by Crippen LogP contribution is 2.16. The Morgan fingerprint density at radius 3 is 2.69 bits per heavy atom. The predicted octanol–water partition coefficient (Wildman–Crippen LogP) is -1.80. The molecule has 0 aliphatic carbocycles. The number of hydrogen-bond donors (Lipinski definition) is 2. The Hall–Kier alpha value is -3.11. The second kappa shape index (κ2) is 7.42. The Labute approximate surface area is 150 Å². The fourth-order valence-electron chi connectivity index (χ4n) is 2.97. The van der Waals surface area contributed by atoms with Crippen molar-refractivity contribution in [3.05, 3.63) is 12.4 Å². The highest BCUT2D eigenvalue weighted by atomic mass is 16.2. The number of carbonyl (C=O) groups excluding carboxylic acids is 3. The molecule has 1 aromatic heterocycles. The third-order valence-corrected chi connectivity index (χ3v) is 4.29. The summed E-state index contributed by atoms with van der Waals surface area (Å²) >= 11 is 0. The summed E-state index contributed by atoms with van der Waals surface area (Å²) in [6.07, 6.45) is 3.47. The van der Waals surface area contributed by atoms with E-state index in [1.807, 2.05) is 4.90 Å². The van der Waals surface area contributed by atoms with Crippen molar-refractivity contribution in [3.8, 4) is 0 Å². The summed E-state index contributed by atoms with van der Waals surface area (Å²) in [5.41, 5.74) is 0.777. The zero-order valence-corrected chi connectivity index (χ0v) is 14.8. The van der Waals surface area contributed by atoms with Gasteiger partial charge in [0.1, 0.15) is 6.54 Å². The molecule has 2 aliphatic heterocycles. The van der Waals surface area contributed by atoms with Gasteiger partial charge in [0.05, 0.1) is 18.4 Å². The van der Waals surface area contributed by atoms with Gasteiger partial charge in [-0.25, -0.2) is 4.79 Å². The summed E-state index contributed by atoms with van der Waals surface area (Å²) in [5.74, 6) is 0.282. The monoisotopic (exact) mass is 362 g/mol. The van der Waals surface area contributed by atoms with Gasteiger partial charge in [0.2, 0.25) is 11.8 Å². The zero-order chi connectivity index (χ0) is 18.7. The summed E-state index contributed by atoms with van der Waals surface area (Å²) in [6.45, 7) is 1.98. The summed E-state index contributed by atoms with van der Waals surface area (Å²) in [5, 5.41) is 9.67. The SMILES string of the molecule is CN=C(NCCN1C(=O)CNC1=O)N1CCN(c2cnn(C)c2)C(=O)C1. The lowest BCUT2D eigenvalue weighted by Gasteiger charge is -2.35. The minimum atomic E-state index is -0.382. The Bertz CT molecular complexity index is 727. The molecule has 2 N–H and O–H groups in total. The molecule has 2 fully saturated rings. The molecule has 2 saturated heterocycles. The van der Waals surface area contributed by atoms with Crippen LogP contribution in [0, 0.1) is 0 Å². The molecule has 0 bridgehead atoms. The van der Waals surface area contributed by atoms with Crippen LogP contribution in [0.4, 0.5) is 10.5 Å². The second-order valence-electron chi connectivity index (χ2n) is 6.02. The normalized spacial score (nSPS) is 18.6. The van der Waals surface area contributed by atoms with Crippen LogP contribution in [0.1, 0.15) is 0 Å². The second-order valence-corrected chi connectivity index (χ2v) is 6.02. The number of guanidine groups is 1. The van der Waals surface area contributed by atoms with Crippen molar-refractivity contribution in [2.75, 3.05) is 51.2 Å². The molecule has 26 heavy (non-hydrogen) atoms. The van der Waals surface area contributed by atoms with Crippen LogP contribution in [0.5, 0.6) is 0 Å². The highest BCUT2D eigenvalue weighted by molar-refractivity contribution is 6.02. The molecule has 140 valence electrons. The van der Waals surface area contributed by atoms with Crippen molar-refractivity contribution in [2.24, 2.45) is 12.0 Å². The lowest BCUT2D eigenvalue weighted by molar-refractivity contribution is -0.125. The van der Waals surface area contributed by atoms with E-state index in [2.05, 4.69) is 20.7 Å². The molecule has 0 radical (unpaired) electrons. The first-order chi connectivity index (χ1) is 12.5. The van der Waals surface area contributed by atoms with Crippen molar-refractivity contribution < 1.29 is 14.4 Å². The van der Waals surface area contributed by atoms with E-state index in [1.54, 1.807) is 36.1 Å². The van der Waals surface area contributed by atoms with Gasteiger partial charge in [0.15, 0.2) is 5.96 Å². The molecule has 0 atom stereocenters. The van der Waals surface area contributed by atoms with Crippen LogP contribution >= 0.6 is 0 Å². The number of rotatable bonds is 4. The fourth-order valence-corrected chi connectivity index (χ4v) is 2.97. The number of aryl methyl sites for hydroxylation is 1. The van der Waals surface area contributed by atoms with Crippen LogP contribution in [0.3, 0.4) is 0 Å². The summed E-state index contributed by atoms with van der Waals surface area (Å²) in [4.78, 5) is 44.4. The van der Waals surface area contributed by atoms with Crippen LogP contribution in [0.15, 0.2) is 17.4 Å². The van der Waals surface area contributed by atoms with E-state index >= 15 is 0 Å². The standard InChI is InChI=1S/C15H22N8O3/c1-16-14(17-3-4-23-12(24)8-18-15(23)26)21-5-6-22(13(25)10-21)11-7-19-20(2)9-11/h7,9H,3-6,8,10H2,1-2H3,(H,16,17)(H,18,26). The molecule has 0 spiro atoms. The molecular weight excluding hydrogens is 340 g/mol. The molecule has 2 aliphatic rings. The number of nitrogens with one attached hydrogen (secondary N) is 2. The van der Waals surface area contributed by atoms with E-state index in [-0.39, 0.29) is 37.5 Å². The predicted molar refractivity (Wildman–Crippen MR) is 93.6 cm³/mol. The number of anilines is 1. The van der Waals surface area contributed by atoms with E-state index < -0.39 is 0 Å². The number of amides is 4. The van der Waals surface area contributed by atoms with Crippen molar-refractivity contribution in [1.82, 2.24) is 30.2 Å². The number of aliphatic imine (C=N–C) groups is 1. The van der Waals surface area contributed by atoms with Crippen molar-refractivity contribution in [1.29, 1.82) is 0 Å². The van der Waals surface area contributed by atoms with Gasteiger partial charge < -0.3 is 20.4 Å². The van der Waals surface area contributed by atoms with Crippen molar-refractivity contribution in [2.45, 2.75) is 0 Å². The van der Waals surface area contributed by atoms with Gasteiger partial charge in [0.25, 0.3) is 0 Å². The average Bonchev–Trinajstić information content (AvgIpc) is 3.18. The molecule has 3 heterocycles. The summed E-state index contributed by atoms with van der Waals surface area (Å²) in [7, 11) is 3.44.